The molecule has 0 spiro atoms. The fourth-order valence-electron chi connectivity index (χ4n) is 4.38. The quantitative estimate of drug-likeness (QED) is 0.730. The van der Waals surface area contributed by atoms with Crippen molar-refractivity contribution in [3.8, 4) is 0 Å². The summed E-state index contributed by atoms with van der Waals surface area (Å²) in [7, 11) is 0. The Morgan fingerprint density at radius 3 is 2.66 bits per heavy atom. The molecule has 6 nitrogen and oxygen atoms in total. The summed E-state index contributed by atoms with van der Waals surface area (Å²) in [5.41, 5.74) is 6.58. The van der Waals surface area contributed by atoms with E-state index in [-0.39, 0.29) is 5.91 Å². The number of pyridine rings is 1. The van der Waals surface area contributed by atoms with E-state index >= 15 is 0 Å². The maximum atomic E-state index is 13.2. The molecule has 2 aliphatic heterocycles. The monoisotopic (exact) mass is 390 g/mol. The van der Waals surface area contributed by atoms with Gasteiger partial charge in [0.2, 0.25) is 0 Å². The standard InChI is InChI=1S/C23H26N4O2/c1-15-16(2)24-21-19(15)13-20(23(28)26-9-11-29-12-10-26)25-22(21)27-8-7-17-5-3-4-6-18(17)14-27/h3-6,13,24H,7-12,14H2,1-2H3. The number of nitrogens with zero attached hydrogens (tertiary/aromatic N) is 3. The molecule has 2 aromatic heterocycles. The Morgan fingerprint density at radius 1 is 1.10 bits per heavy atom. The van der Waals surface area contributed by atoms with Crippen LogP contribution in [0.3, 0.4) is 0 Å². The van der Waals surface area contributed by atoms with Gasteiger partial charge in [0.1, 0.15) is 5.69 Å². The Balaban J connectivity index is 1.59. The van der Waals surface area contributed by atoms with Gasteiger partial charge in [0.05, 0.1) is 18.7 Å². The topological polar surface area (TPSA) is 61.5 Å². The summed E-state index contributed by atoms with van der Waals surface area (Å²) in [6.45, 7) is 8.31. The zero-order chi connectivity index (χ0) is 20.0. The minimum Gasteiger partial charge on any atom is -0.378 e. The Morgan fingerprint density at radius 2 is 1.86 bits per heavy atom. The van der Waals surface area contributed by atoms with E-state index in [1.165, 1.54) is 16.7 Å². The van der Waals surface area contributed by atoms with Gasteiger partial charge in [-0.2, -0.15) is 0 Å². The molecule has 150 valence electrons. The lowest BCUT2D eigenvalue weighted by molar-refractivity contribution is 0.0299. The third-order valence-corrected chi connectivity index (χ3v) is 6.23. The van der Waals surface area contributed by atoms with Crippen molar-refractivity contribution in [3.05, 3.63) is 58.4 Å². The third-order valence-electron chi connectivity index (χ3n) is 6.23. The predicted octanol–water partition coefficient (Wildman–Crippen LogP) is 3.21. The van der Waals surface area contributed by atoms with Crippen molar-refractivity contribution >= 4 is 22.6 Å². The molecule has 3 aromatic rings. The molecule has 0 radical (unpaired) electrons. The van der Waals surface area contributed by atoms with Gasteiger partial charge in [-0.25, -0.2) is 4.98 Å². The number of fused-ring (bicyclic) bond motifs is 2. The summed E-state index contributed by atoms with van der Waals surface area (Å²) in [5, 5.41) is 1.09. The summed E-state index contributed by atoms with van der Waals surface area (Å²) in [6, 6.07) is 10.5. The van der Waals surface area contributed by atoms with Gasteiger partial charge in [-0.3, -0.25) is 4.79 Å². The number of carbonyl (C=O) groups is 1. The number of hydrogen-bond acceptors (Lipinski definition) is 4. The van der Waals surface area contributed by atoms with Crippen molar-refractivity contribution in [3.63, 3.8) is 0 Å². The first kappa shape index (κ1) is 18.2. The van der Waals surface area contributed by atoms with Crippen molar-refractivity contribution in [2.24, 2.45) is 0 Å². The highest BCUT2D eigenvalue weighted by atomic mass is 16.5. The molecular formula is C23H26N4O2. The zero-order valence-electron chi connectivity index (χ0n) is 17.0. The molecule has 0 bridgehead atoms. The van der Waals surface area contributed by atoms with Crippen LogP contribution in [-0.2, 0) is 17.7 Å². The predicted molar refractivity (Wildman–Crippen MR) is 113 cm³/mol. The summed E-state index contributed by atoms with van der Waals surface area (Å²) < 4.78 is 5.40. The lowest BCUT2D eigenvalue weighted by Crippen LogP contribution is -2.41. The number of nitrogens with one attached hydrogen (secondary N) is 1. The largest absolute Gasteiger partial charge is 0.378 e. The molecule has 29 heavy (non-hydrogen) atoms. The van der Waals surface area contributed by atoms with Crippen LogP contribution < -0.4 is 4.90 Å². The highest BCUT2D eigenvalue weighted by Gasteiger charge is 2.25. The van der Waals surface area contributed by atoms with Gasteiger partial charge in [-0.1, -0.05) is 24.3 Å². The van der Waals surface area contributed by atoms with Gasteiger partial charge in [-0.05, 0) is 43.0 Å². The van der Waals surface area contributed by atoms with Crippen LogP contribution in [0.15, 0.2) is 30.3 Å². The van der Waals surface area contributed by atoms with Crippen molar-refractivity contribution in [2.45, 2.75) is 26.8 Å². The molecule has 1 fully saturated rings. The van der Waals surface area contributed by atoms with E-state index in [2.05, 4.69) is 48.0 Å². The van der Waals surface area contributed by atoms with Crippen molar-refractivity contribution in [1.29, 1.82) is 0 Å². The maximum Gasteiger partial charge on any atom is 0.272 e. The van der Waals surface area contributed by atoms with E-state index in [1.54, 1.807) is 0 Å². The molecule has 4 heterocycles. The average molecular weight is 390 g/mol. The highest BCUT2D eigenvalue weighted by molar-refractivity contribution is 6.01. The number of amides is 1. The zero-order valence-corrected chi connectivity index (χ0v) is 17.0. The first-order valence-corrected chi connectivity index (χ1v) is 10.3. The van der Waals surface area contributed by atoms with Gasteiger partial charge in [0, 0.05) is 37.3 Å². The van der Waals surface area contributed by atoms with Crippen LogP contribution >= 0.6 is 0 Å². The van der Waals surface area contributed by atoms with E-state index in [0.717, 1.165) is 41.9 Å². The number of ether oxygens (including phenoxy) is 1. The second-order valence-corrected chi connectivity index (χ2v) is 7.97. The molecule has 1 saturated heterocycles. The maximum absolute atomic E-state index is 13.2. The van der Waals surface area contributed by atoms with E-state index in [1.807, 2.05) is 11.0 Å². The minimum absolute atomic E-state index is 0.00730. The van der Waals surface area contributed by atoms with E-state index in [9.17, 15) is 4.79 Å². The smallest absolute Gasteiger partial charge is 0.272 e. The normalized spacial score (nSPS) is 16.9. The number of benzene rings is 1. The average Bonchev–Trinajstić information content (AvgIpc) is 3.06. The van der Waals surface area contributed by atoms with Gasteiger partial charge in [0.25, 0.3) is 5.91 Å². The van der Waals surface area contributed by atoms with Gasteiger partial charge in [-0.15, -0.1) is 0 Å². The molecular weight excluding hydrogens is 364 g/mol. The Hall–Kier alpha value is -2.86. The Labute approximate surface area is 170 Å². The number of aryl methyl sites for hydroxylation is 2. The van der Waals surface area contributed by atoms with Crippen LogP contribution in [-0.4, -0.2) is 53.6 Å². The molecule has 1 N–H and O–H groups in total. The van der Waals surface area contributed by atoms with Crippen molar-refractivity contribution in [2.75, 3.05) is 37.7 Å². The molecule has 0 saturated carbocycles. The van der Waals surface area contributed by atoms with Crippen LogP contribution in [0.4, 0.5) is 5.82 Å². The number of H-pyrrole nitrogens is 1. The number of carbonyl (C=O) groups excluding carboxylic acids is 1. The van der Waals surface area contributed by atoms with E-state index in [0.29, 0.717) is 32.0 Å². The van der Waals surface area contributed by atoms with Crippen LogP contribution in [0.1, 0.15) is 32.9 Å². The number of aromatic amines is 1. The van der Waals surface area contributed by atoms with E-state index in [4.69, 9.17) is 9.72 Å². The van der Waals surface area contributed by atoms with Crippen LogP contribution in [0.5, 0.6) is 0 Å². The lowest BCUT2D eigenvalue weighted by atomic mass is 10.00. The molecule has 0 unspecified atom stereocenters. The fourth-order valence-corrected chi connectivity index (χ4v) is 4.38. The summed E-state index contributed by atoms with van der Waals surface area (Å²) in [6.07, 6.45) is 0.986. The number of hydrogen-bond donors (Lipinski definition) is 1. The second-order valence-electron chi connectivity index (χ2n) is 7.97. The number of anilines is 1. The lowest BCUT2D eigenvalue weighted by Gasteiger charge is -2.31. The molecule has 1 amide bonds. The fraction of sp³-hybridized carbons (Fsp3) is 0.391. The third kappa shape index (κ3) is 3.17. The van der Waals surface area contributed by atoms with Gasteiger partial charge >= 0.3 is 0 Å². The number of morpholine rings is 1. The van der Waals surface area contributed by atoms with Crippen molar-refractivity contribution < 1.29 is 9.53 Å². The highest BCUT2D eigenvalue weighted by Crippen LogP contribution is 2.32. The van der Waals surface area contributed by atoms with Gasteiger partial charge in [0.15, 0.2) is 5.82 Å². The molecule has 0 atom stereocenters. The van der Waals surface area contributed by atoms with Crippen LogP contribution in [0.25, 0.3) is 10.9 Å². The molecule has 6 heteroatoms. The molecule has 0 aliphatic carbocycles. The Bertz CT molecular complexity index is 1080. The first-order valence-electron chi connectivity index (χ1n) is 10.3. The summed E-state index contributed by atoms with van der Waals surface area (Å²) in [4.78, 5) is 25.7. The SMILES string of the molecule is Cc1[nH]c2c(N3CCc4ccccc4C3)nc(C(=O)N3CCOCC3)cc2c1C. The first-order chi connectivity index (χ1) is 14.1. The molecule has 5 rings (SSSR count). The molecule has 1 aromatic carbocycles. The Kier molecular flexibility index (Phi) is 4.51. The van der Waals surface area contributed by atoms with Crippen LogP contribution in [0.2, 0.25) is 0 Å². The van der Waals surface area contributed by atoms with Crippen LogP contribution in [0, 0.1) is 13.8 Å². The number of aromatic nitrogens is 2. The van der Waals surface area contributed by atoms with Crippen molar-refractivity contribution in [1.82, 2.24) is 14.9 Å². The molecule has 2 aliphatic rings. The number of rotatable bonds is 2. The second kappa shape index (κ2) is 7.19. The summed E-state index contributed by atoms with van der Waals surface area (Å²) in [5.74, 6) is 0.872. The minimum atomic E-state index is -0.00730. The van der Waals surface area contributed by atoms with E-state index < -0.39 is 0 Å². The van der Waals surface area contributed by atoms with Gasteiger partial charge < -0.3 is 19.5 Å². The summed E-state index contributed by atoms with van der Waals surface area (Å²) >= 11 is 0.